The van der Waals surface area contributed by atoms with E-state index in [0.29, 0.717) is 17.1 Å². The topological polar surface area (TPSA) is 55.8 Å². The van der Waals surface area contributed by atoms with Crippen LogP contribution < -0.4 is 13.8 Å². The summed E-state index contributed by atoms with van der Waals surface area (Å²) in [5.74, 6) is -0.668. The van der Waals surface area contributed by atoms with Crippen molar-refractivity contribution in [2.45, 2.75) is 11.4 Å². The number of methoxy groups -OCH3 is 2. The Bertz CT molecular complexity index is 1120. The van der Waals surface area contributed by atoms with Crippen molar-refractivity contribution in [3.63, 3.8) is 0 Å². The number of ether oxygens (including phenoxy) is 2. The van der Waals surface area contributed by atoms with Crippen molar-refractivity contribution in [1.82, 2.24) is 0 Å². The number of benzene rings is 3. The van der Waals surface area contributed by atoms with Crippen LogP contribution in [-0.4, -0.2) is 22.6 Å². The highest BCUT2D eigenvalue weighted by Gasteiger charge is 2.28. The molecule has 0 atom stereocenters. The summed E-state index contributed by atoms with van der Waals surface area (Å²) < 4.78 is 66.1. The summed E-state index contributed by atoms with van der Waals surface area (Å²) in [5, 5.41) is 0. The summed E-state index contributed by atoms with van der Waals surface area (Å²) in [6, 6.07) is 15.2. The van der Waals surface area contributed by atoms with Crippen molar-refractivity contribution in [2.24, 2.45) is 0 Å². The van der Waals surface area contributed by atoms with Gasteiger partial charge in [0, 0.05) is 6.07 Å². The summed E-state index contributed by atoms with van der Waals surface area (Å²) in [7, 11) is -1.42. The van der Waals surface area contributed by atoms with Crippen LogP contribution in [0.4, 0.5) is 14.5 Å². The van der Waals surface area contributed by atoms with Gasteiger partial charge in [0.1, 0.15) is 16.5 Å². The Morgan fingerprint density at radius 1 is 0.862 bits per heavy atom. The third kappa shape index (κ3) is 4.32. The lowest BCUT2D eigenvalue weighted by Gasteiger charge is -2.25. The van der Waals surface area contributed by atoms with Crippen molar-refractivity contribution in [1.29, 1.82) is 0 Å². The molecule has 0 spiro atoms. The third-order valence-electron chi connectivity index (χ3n) is 4.28. The number of nitrogens with zero attached hydrogens (tertiary/aromatic N) is 1. The first-order valence-corrected chi connectivity index (χ1v) is 10.0. The zero-order valence-electron chi connectivity index (χ0n) is 15.8. The Balaban J connectivity index is 2.15. The standard InChI is InChI=1S/C21H19F2NO4S/c1-27-19-11-10-17(13-20(19)28-2)24(14-15-6-5-7-16(22)12-15)29(25,26)21-9-4-3-8-18(21)23/h3-13H,14H2,1-2H3. The highest BCUT2D eigenvalue weighted by molar-refractivity contribution is 7.92. The summed E-state index contributed by atoms with van der Waals surface area (Å²) in [6.07, 6.45) is 0. The van der Waals surface area contributed by atoms with Gasteiger partial charge in [-0.05, 0) is 42.0 Å². The van der Waals surface area contributed by atoms with E-state index in [4.69, 9.17) is 9.47 Å². The quantitative estimate of drug-likeness (QED) is 0.570. The molecule has 0 aliphatic carbocycles. The molecule has 0 heterocycles. The lowest BCUT2D eigenvalue weighted by Crippen LogP contribution is -2.31. The molecule has 3 aromatic rings. The molecule has 0 fully saturated rings. The SMILES string of the molecule is COc1ccc(N(Cc2cccc(F)c2)S(=O)(=O)c2ccccc2F)cc1OC. The molecular weight excluding hydrogens is 400 g/mol. The average molecular weight is 419 g/mol. The minimum Gasteiger partial charge on any atom is -0.493 e. The molecule has 0 bridgehead atoms. The molecule has 0 aliphatic heterocycles. The molecule has 0 radical (unpaired) electrons. The van der Waals surface area contributed by atoms with E-state index in [1.165, 1.54) is 62.8 Å². The second kappa shape index (κ2) is 8.48. The van der Waals surface area contributed by atoms with Gasteiger partial charge < -0.3 is 9.47 Å². The van der Waals surface area contributed by atoms with E-state index in [2.05, 4.69) is 0 Å². The van der Waals surface area contributed by atoms with Gasteiger partial charge in [-0.2, -0.15) is 0 Å². The van der Waals surface area contributed by atoms with Crippen molar-refractivity contribution >= 4 is 15.7 Å². The molecule has 0 saturated carbocycles. The van der Waals surface area contributed by atoms with Gasteiger partial charge in [0.15, 0.2) is 11.5 Å². The fraction of sp³-hybridized carbons (Fsp3) is 0.143. The van der Waals surface area contributed by atoms with Crippen LogP contribution in [0.15, 0.2) is 71.6 Å². The largest absolute Gasteiger partial charge is 0.493 e. The first kappa shape index (κ1) is 20.6. The van der Waals surface area contributed by atoms with Crippen LogP contribution in [0.5, 0.6) is 11.5 Å². The summed E-state index contributed by atoms with van der Waals surface area (Å²) in [4.78, 5) is -0.480. The third-order valence-corrected chi connectivity index (χ3v) is 6.08. The Morgan fingerprint density at radius 3 is 2.24 bits per heavy atom. The maximum atomic E-state index is 14.3. The Labute approximate surface area is 168 Å². The van der Waals surface area contributed by atoms with Crippen LogP contribution in [0.2, 0.25) is 0 Å². The average Bonchev–Trinajstić information content (AvgIpc) is 2.71. The van der Waals surface area contributed by atoms with Crippen molar-refractivity contribution < 1.29 is 26.7 Å². The number of rotatable bonds is 7. The fourth-order valence-corrected chi connectivity index (χ4v) is 4.38. The highest BCUT2D eigenvalue weighted by Crippen LogP contribution is 2.35. The Hall–Kier alpha value is -3.13. The van der Waals surface area contributed by atoms with Crippen molar-refractivity contribution in [3.8, 4) is 11.5 Å². The lowest BCUT2D eigenvalue weighted by molar-refractivity contribution is 0.355. The Morgan fingerprint density at radius 2 is 1.59 bits per heavy atom. The van der Waals surface area contributed by atoms with Crippen LogP contribution >= 0.6 is 0 Å². The molecule has 0 aromatic heterocycles. The zero-order valence-corrected chi connectivity index (χ0v) is 16.6. The summed E-state index contributed by atoms with van der Waals surface area (Å²) >= 11 is 0. The molecule has 0 amide bonds. The fourth-order valence-electron chi connectivity index (χ4n) is 2.87. The van der Waals surface area contributed by atoms with Crippen molar-refractivity contribution in [2.75, 3.05) is 18.5 Å². The first-order valence-electron chi connectivity index (χ1n) is 8.60. The maximum Gasteiger partial charge on any atom is 0.267 e. The molecule has 3 rings (SSSR count). The second-order valence-corrected chi connectivity index (χ2v) is 7.94. The van der Waals surface area contributed by atoms with Crippen molar-refractivity contribution in [3.05, 3.63) is 83.9 Å². The van der Waals surface area contributed by atoms with E-state index in [1.807, 2.05) is 0 Å². The molecular formula is C21H19F2NO4S. The molecule has 0 saturated heterocycles. The predicted molar refractivity (Wildman–Crippen MR) is 106 cm³/mol. The minimum absolute atomic E-state index is 0.204. The van der Waals surface area contributed by atoms with Gasteiger partial charge in [-0.25, -0.2) is 17.2 Å². The molecule has 8 heteroatoms. The highest BCUT2D eigenvalue weighted by atomic mass is 32.2. The van der Waals surface area contributed by atoms with Gasteiger partial charge in [0.25, 0.3) is 10.0 Å². The summed E-state index contributed by atoms with van der Waals surface area (Å²) in [6.45, 7) is -0.204. The van der Waals surface area contributed by atoms with Gasteiger partial charge in [-0.15, -0.1) is 0 Å². The van der Waals surface area contributed by atoms with Gasteiger partial charge >= 0.3 is 0 Å². The van der Waals surface area contributed by atoms with E-state index in [-0.39, 0.29) is 12.2 Å². The molecule has 3 aromatic carbocycles. The predicted octanol–water partition coefficient (Wildman–Crippen LogP) is 4.38. The molecule has 5 nitrogen and oxygen atoms in total. The number of halogens is 2. The zero-order chi connectivity index (χ0) is 21.0. The normalized spacial score (nSPS) is 11.2. The van der Waals surface area contributed by atoms with Crippen LogP contribution in [0.25, 0.3) is 0 Å². The molecule has 0 N–H and O–H groups in total. The van der Waals surface area contributed by atoms with E-state index >= 15 is 0 Å². The Kier molecular flexibility index (Phi) is 6.03. The van der Waals surface area contributed by atoms with Gasteiger partial charge in [0.2, 0.25) is 0 Å². The monoisotopic (exact) mass is 419 g/mol. The second-order valence-electron chi connectivity index (χ2n) is 6.11. The van der Waals surface area contributed by atoms with E-state index < -0.39 is 26.6 Å². The number of hydrogen-bond acceptors (Lipinski definition) is 4. The number of anilines is 1. The van der Waals surface area contributed by atoms with Gasteiger partial charge in [-0.3, -0.25) is 4.31 Å². The van der Waals surface area contributed by atoms with E-state index in [0.717, 1.165) is 10.4 Å². The molecule has 152 valence electrons. The smallest absolute Gasteiger partial charge is 0.267 e. The number of sulfonamides is 1. The van der Waals surface area contributed by atoms with Gasteiger partial charge in [0.05, 0.1) is 26.5 Å². The van der Waals surface area contributed by atoms with E-state index in [1.54, 1.807) is 12.1 Å². The molecule has 29 heavy (non-hydrogen) atoms. The van der Waals surface area contributed by atoms with Crippen LogP contribution in [-0.2, 0) is 16.6 Å². The van der Waals surface area contributed by atoms with Gasteiger partial charge in [-0.1, -0.05) is 24.3 Å². The minimum atomic E-state index is -4.30. The van der Waals surface area contributed by atoms with Crippen LogP contribution in [0, 0.1) is 11.6 Å². The maximum absolute atomic E-state index is 14.3. The van der Waals surface area contributed by atoms with Crippen LogP contribution in [0.1, 0.15) is 5.56 Å². The number of hydrogen-bond donors (Lipinski definition) is 0. The molecule has 0 unspecified atom stereocenters. The first-order chi connectivity index (χ1) is 13.9. The van der Waals surface area contributed by atoms with Crippen LogP contribution in [0.3, 0.4) is 0 Å². The summed E-state index contributed by atoms with van der Waals surface area (Å²) in [5.41, 5.74) is 0.620. The lowest BCUT2D eigenvalue weighted by atomic mass is 10.2. The molecule has 0 aliphatic rings. The van der Waals surface area contributed by atoms with E-state index in [9.17, 15) is 17.2 Å².